The monoisotopic (exact) mass is 371 g/mol. The molecular formula is C20H22FN3O3. The van der Waals surface area contributed by atoms with Crippen molar-refractivity contribution in [2.45, 2.75) is 32.7 Å². The van der Waals surface area contributed by atoms with Crippen molar-refractivity contribution < 1.29 is 18.4 Å². The van der Waals surface area contributed by atoms with E-state index in [1.54, 1.807) is 6.07 Å². The number of fused-ring (bicyclic) bond motifs is 1. The highest BCUT2D eigenvalue weighted by Gasteiger charge is 2.31. The van der Waals surface area contributed by atoms with Gasteiger partial charge in [-0.25, -0.2) is 4.39 Å². The summed E-state index contributed by atoms with van der Waals surface area (Å²) in [7, 11) is 0. The number of carbonyl (C=O) groups excluding carboxylic acids is 1. The van der Waals surface area contributed by atoms with Crippen LogP contribution in [-0.4, -0.2) is 35.3 Å². The Morgan fingerprint density at radius 1 is 1.33 bits per heavy atom. The molecule has 27 heavy (non-hydrogen) atoms. The fourth-order valence-electron chi connectivity index (χ4n) is 3.73. The minimum absolute atomic E-state index is 0.0786. The highest BCUT2D eigenvalue weighted by atomic mass is 19.1. The van der Waals surface area contributed by atoms with Crippen LogP contribution < -0.4 is 5.32 Å². The Balaban J connectivity index is 1.44. The number of H-pyrrole nitrogens is 1. The van der Waals surface area contributed by atoms with Crippen LogP contribution in [0, 0.1) is 25.6 Å². The maximum Gasteiger partial charge on any atom is 0.224 e. The van der Waals surface area contributed by atoms with Crippen LogP contribution in [0.25, 0.3) is 10.9 Å². The fourth-order valence-corrected chi connectivity index (χ4v) is 3.73. The number of aryl methyl sites for hydroxylation is 2. The maximum absolute atomic E-state index is 13.6. The van der Waals surface area contributed by atoms with E-state index in [0.29, 0.717) is 19.6 Å². The maximum atomic E-state index is 13.6. The Bertz CT molecular complexity index is 978. The zero-order valence-corrected chi connectivity index (χ0v) is 15.3. The van der Waals surface area contributed by atoms with Gasteiger partial charge in [0.25, 0.3) is 0 Å². The summed E-state index contributed by atoms with van der Waals surface area (Å²) in [4.78, 5) is 15.8. The Morgan fingerprint density at radius 3 is 2.96 bits per heavy atom. The lowest BCUT2D eigenvalue weighted by molar-refractivity contribution is -0.121. The number of aromatic nitrogens is 2. The molecule has 3 heterocycles. The van der Waals surface area contributed by atoms with E-state index in [4.69, 9.17) is 9.26 Å². The van der Waals surface area contributed by atoms with E-state index in [2.05, 4.69) is 15.5 Å². The van der Waals surface area contributed by atoms with Gasteiger partial charge in [-0.1, -0.05) is 5.16 Å². The number of nitrogens with one attached hydrogen (secondary N) is 2. The number of aromatic amines is 1. The first-order chi connectivity index (χ1) is 13.0. The van der Waals surface area contributed by atoms with Gasteiger partial charge in [0.15, 0.2) is 0 Å². The number of ether oxygens (including phenoxy) is 1. The number of hydrogen-bond donors (Lipinski definition) is 2. The first-order valence-corrected chi connectivity index (χ1v) is 9.05. The van der Waals surface area contributed by atoms with Gasteiger partial charge in [-0.15, -0.1) is 0 Å². The van der Waals surface area contributed by atoms with Gasteiger partial charge in [-0.3, -0.25) is 4.79 Å². The molecule has 2 aromatic heterocycles. The molecule has 0 radical (unpaired) electrons. The van der Waals surface area contributed by atoms with Gasteiger partial charge in [0.1, 0.15) is 11.6 Å². The van der Waals surface area contributed by atoms with E-state index >= 15 is 0 Å². The number of nitrogens with zero attached hydrogens (tertiary/aromatic N) is 1. The Labute approximate surface area is 156 Å². The number of benzene rings is 1. The normalized spacial score (nSPS) is 19.7. The number of rotatable bonds is 5. The van der Waals surface area contributed by atoms with Crippen LogP contribution in [0.3, 0.4) is 0 Å². The third kappa shape index (κ3) is 3.73. The van der Waals surface area contributed by atoms with Crippen molar-refractivity contribution in [3.05, 3.63) is 52.8 Å². The predicted molar refractivity (Wildman–Crippen MR) is 97.9 cm³/mol. The zero-order valence-electron chi connectivity index (χ0n) is 15.3. The lowest BCUT2D eigenvalue weighted by Crippen LogP contribution is -2.41. The predicted octanol–water partition coefficient (Wildman–Crippen LogP) is 2.83. The highest BCUT2D eigenvalue weighted by Crippen LogP contribution is 2.24. The van der Waals surface area contributed by atoms with E-state index in [0.717, 1.165) is 33.6 Å². The van der Waals surface area contributed by atoms with Gasteiger partial charge >= 0.3 is 0 Å². The second-order valence-electron chi connectivity index (χ2n) is 7.21. The molecule has 0 aliphatic carbocycles. The van der Waals surface area contributed by atoms with Crippen LogP contribution in [0.2, 0.25) is 0 Å². The molecular weight excluding hydrogens is 349 g/mol. The van der Waals surface area contributed by atoms with Crippen LogP contribution in [0.1, 0.15) is 22.7 Å². The second-order valence-corrected chi connectivity index (χ2v) is 7.21. The molecule has 1 fully saturated rings. The average Bonchev–Trinajstić information content (AvgIpc) is 3.30. The molecule has 0 saturated carbocycles. The number of carbonyl (C=O) groups is 1. The summed E-state index contributed by atoms with van der Waals surface area (Å²) in [6.45, 7) is 4.82. The summed E-state index contributed by atoms with van der Waals surface area (Å²) in [5.41, 5.74) is 3.37. The summed E-state index contributed by atoms with van der Waals surface area (Å²) in [5, 5.41) is 7.72. The topological polar surface area (TPSA) is 80.1 Å². The van der Waals surface area contributed by atoms with E-state index < -0.39 is 0 Å². The molecule has 2 atom stereocenters. The molecule has 1 aromatic carbocycles. The standard InChI is InChI=1S/C20H22FN3O3/c1-11-5-15(27-24-11)6-13-9-26-10-19(13)23-20(25)8-16-12(2)22-18-4-3-14(21)7-17(16)18/h3-5,7,13,19,22H,6,8-10H2,1-2H3,(H,23,25)/t13-,19+/m1/s1. The van der Waals surface area contributed by atoms with Gasteiger partial charge in [0.2, 0.25) is 5.91 Å². The zero-order chi connectivity index (χ0) is 19.0. The van der Waals surface area contributed by atoms with Gasteiger partial charge in [-0.05, 0) is 37.6 Å². The van der Waals surface area contributed by atoms with Crippen LogP contribution in [0.4, 0.5) is 4.39 Å². The van der Waals surface area contributed by atoms with E-state index in [-0.39, 0.29) is 30.1 Å². The average molecular weight is 371 g/mol. The molecule has 0 unspecified atom stereocenters. The lowest BCUT2D eigenvalue weighted by atomic mass is 9.97. The van der Waals surface area contributed by atoms with E-state index in [1.807, 2.05) is 19.9 Å². The number of halogens is 1. The number of amides is 1. The Morgan fingerprint density at radius 2 is 2.19 bits per heavy atom. The van der Waals surface area contributed by atoms with Crippen LogP contribution in [0.15, 0.2) is 28.8 Å². The molecule has 7 heteroatoms. The van der Waals surface area contributed by atoms with Crippen LogP contribution >= 0.6 is 0 Å². The summed E-state index contributed by atoms with van der Waals surface area (Å²) >= 11 is 0. The molecule has 6 nitrogen and oxygen atoms in total. The summed E-state index contributed by atoms with van der Waals surface area (Å²) in [5.74, 6) is 0.528. The van der Waals surface area contributed by atoms with Crippen LogP contribution in [0.5, 0.6) is 0 Å². The van der Waals surface area contributed by atoms with Crippen molar-refractivity contribution in [1.29, 1.82) is 0 Å². The van der Waals surface area contributed by atoms with Gasteiger partial charge in [-0.2, -0.15) is 0 Å². The minimum atomic E-state index is -0.310. The van der Waals surface area contributed by atoms with Crippen molar-refractivity contribution in [2.24, 2.45) is 5.92 Å². The summed E-state index contributed by atoms with van der Waals surface area (Å²) in [6.07, 6.45) is 0.864. The van der Waals surface area contributed by atoms with Gasteiger partial charge in [0.05, 0.1) is 31.4 Å². The SMILES string of the molecule is Cc1cc(C[C@@H]2COC[C@@H]2NC(=O)Cc2c(C)[nH]c3ccc(F)cc23)on1. The minimum Gasteiger partial charge on any atom is -0.379 e. The third-order valence-electron chi connectivity index (χ3n) is 5.10. The molecule has 4 rings (SSSR count). The molecule has 2 N–H and O–H groups in total. The van der Waals surface area contributed by atoms with E-state index in [9.17, 15) is 9.18 Å². The largest absolute Gasteiger partial charge is 0.379 e. The molecule has 0 spiro atoms. The lowest BCUT2D eigenvalue weighted by Gasteiger charge is -2.18. The second kappa shape index (κ2) is 7.15. The first kappa shape index (κ1) is 17.7. The molecule has 0 bridgehead atoms. The third-order valence-corrected chi connectivity index (χ3v) is 5.10. The van der Waals surface area contributed by atoms with E-state index in [1.165, 1.54) is 12.1 Å². The summed E-state index contributed by atoms with van der Waals surface area (Å²) < 4.78 is 24.4. The quantitative estimate of drug-likeness (QED) is 0.723. The van der Waals surface area contributed by atoms with Crippen molar-refractivity contribution in [3.8, 4) is 0 Å². The molecule has 142 valence electrons. The number of hydrogen-bond acceptors (Lipinski definition) is 4. The van der Waals surface area contributed by atoms with Crippen molar-refractivity contribution in [1.82, 2.24) is 15.5 Å². The molecule has 1 amide bonds. The first-order valence-electron chi connectivity index (χ1n) is 9.05. The molecule has 3 aromatic rings. The summed E-state index contributed by atoms with van der Waals surface area (Å²) in [6, 6.07) is 6.40. The smallest absolute Gasteiger partial charge is 0.224 e. The molecule has 1 aliphatic heterocycles. The Hall–Kier alpha value is -2.67. The Kier molecular flexibility index (Phi) is 4.70. The highest BCUT2D eigenvalue weighted by molar-refractivity contribution is 5.90. The van der Waals surface area contributed by atoms with Crippen molar-refractivity contribution in [2.75, 3.05) is 13.2 Å². The van der Waals surface area contributed by atoms with Gasteiger partial charge < -0.3 is 19.6 Å². The van der Waals surface area contributed by atoms with Gasteiger partial charge in [0, 0.05) is 35.0 Å². The van der Waals surface area contributed by atoms with Crippen LogP contribution in [-0.2, 0) is 22.4 Å². The molecule has 1 saturated heterocycles. The molecule has 1 aliphatic rings. The van der Waals surface area contributed by atoms with Crippen molar-refractivity contribution >= 4 is 16.8 Å². The van der Waals surface area contributed by atoms with Crippen molar-refractivity contribution in [3.63, 3.8) is 0 Å². The fraction of sp³-hybridized carbons (Fsp3) is 0.400.